The van der Waals surface area contributed by atoms with Crippen molar-refractivity contribution in [3.63, 3.8) is 0 Å². The molecule has 2 aromatic carbocycles. The maximum Gasteiger partial charge on any atom is 0.0208 e. The van der Waals surface area contributed by atoms with Crippen molar-refractivity contribution in [2.75, 3.05) is 6.54 Å². The van der Waals surface area contributed by atoms with E-state index in [1.54, 1.807) is 5.56 Å². The third-order valence-electron chi connectivity index (χ3n) is 3.00. The van der Waals surface area contributed by atoms with Gasteiger partial charge in [-0.2, -0.15) is 0 Å². The van der Waals surface area contributed by atoms with Crippen LogP contribution in [0.4, 0.5) is 0 Å². The minimum Gasteiger partial charge on any atom is -0.312 e. The molecule has 1 heterocycles. The highest BCUT2D eigenvalue weighted by Crippen LogP contribution is 2.24. The fourth-order valence-corrected chi connectivity index (χ4v) is 2.28. The Morgan fingerprint density at radius 3 is 2.93 bits per heavy atom. The van der Waals surface area contributed by atoms with Crippen LogP contribution in [0.25, 0.3) is 10.8 Å². The van der Waals surface area contributed by atoms with Crippen molar-refractivity contribution >= 4 is 10.8 Å². The third-order valence-corrected chi connectivity index (χ3v) is 3.00. The first-order chi connectivity index (χ1) is 6.95. The van der Waals surface area contributed by atoms with Crippen molar-refractivity contribution in [3.05, 3.63) is 47.5 Å². The van der Waals surface area contributed by atoms with Gasteiger partial charge in [-0.15, -0.1) is 0 Å². The molecule has 2 aromatic rings. The van der Waals surface area contributed by atoms with Gasteiger partial charge in [0.15, 0.2) is 0 Å². The molecule has 1 nitrogen and oxygen atoms in total. The molecule has 1 aliphatic rings. The van der Waals surface area contributed by atoms with Crippen LogP contribution in [0.2, 0.25) is 0 Å². The molecular weight excluding hydrogens is 170 g/mol. The third kappa shape index (κ3) is 1.13. The lowest BCUT2D eigenvalue weighted by molar-refractivity contribution is 0.647. The van der Waals surface area contributed by atoms with E-state index in [-0.39, 0.29) is 0 Å². The van der Waals surface area contributed by atoms with Gasteiger partial charge in [-0.05, 0) is 34.9 Å². The van der Waals surface area contributed by atoms with Gasteiger partial charge in [0.2, 0.25) is 0 Å². The van der Waals surface area contributed by atoms with Gasteiger partial charge in [-0.3, -0.25) is 0 Å². The Hall–Kier alpha value is -1.34. The highest BCUT2D eigenvalue weighted by molar-refractivity contribution is 5.86. The first kappa shape index (κ1) is 8.01. The summed E-state index contributed by atoms with van der Waals surface area (Å²) in [5.74, 6) is 0. The second-order valence-corrected chi connectivity index (χ2v) is 3.85. The summed E-state index contributed by atoms with van der Waals surface area (Å²) in [6.45, 7) is 2.14. The zero-order chi connectivity index (χ0) is 9.38. The van der Waals surface area contributed by atoms with Crippen LogP contribution in [-0.2, 0) is 13.0 Å². The summed E-state index contributed by atoms with van der Waals surface area (Å²) >= 11 is 0. The molecule has 70 valence electrons. The molecule has 0 saturated carbocycles. The largest absolute Gasteiger partial charge is 0.312 e. The summed E-state index contributed by atoms with van der Waals surface area (Å²) in [5, 5.41) is 6.21. The second-order valence-electron chi connectivity index (χ2n) is 3.85. The van der Waals surface area contributed by atoms with E-state index in [9.17, 15) is 0 Å². The lowest BCUT2D eigenvalue weighted by atomic mass is 9.94. The normalized spacial score (nSPS) is 15.4. The molecule has 0 aromatic heterocycles. The van der Waals surface area contributed by atoms with Crippen LogP contribution in [0.15, 0.2) is 36.4 Å². The summed E-state index contributed by atoms with van der Waals surface area (Å²) in [6, 6.07) is 13.1. The van der Waals surface area contributed by atoms with Crippen molar-refractivity contribution < 1.29 is 0 Å². The zero-order valence-corrected chi connectivity index (χ0v) is 8.09. The van der Waals surface area contributed by atoms with Crippen LogP contribution >= 0.6 is 0 Å². The van der Waals surface area contributed by atoms with E-state index in [4.69, 9.17) is 0 Å². The summed E-state index contributed by atoms with van der Waals surface area (Å²) in [6.07, 6.45) is 1.16. The number of hydrogen-bond acceptors (Lipinski definition) is 1. The summed E-state index contributed by atoms with van der Waals surface area (Å²) in [7, 11) is 0. The molecule has 0 spiro atoms. The van der Waals surface area contributed by atoms with Gasteiger partial charge in [-0.1, -0.05) is 36.4 Å². The molecule has 1 N–H and O–H groups in total. The predicted molar refractivity (Wildman–Crippen MR) is 59.4 cm³/mol. The standard InChI is InChI=1S/C13H13N/c1-2-4-12-10(3-1)5-6-11-9-14-8-7-13(11)12/h1-6,14H,7-9H2. The van der Waals surface area contributed by atoms with E-state index in [0.29, 0.717) is 0 Å². The van der Waals surface area contributed by atoms with Crippen molar-refractivity contribution in [2.24, 2.45) is 0 Å². The Bertz CT molecular complexity index is 474. The summed E-state index contributed by atoms with van der Waals surface area (Å²) < 4.78 is 0. The number of hydrogen-bond donors (Lipinski definition) is 1. The fraction of sp³-hybridized carbons (Fsp3) is 0.231. The van der Waals surface area contributed by atoms with E-state index in [0.717, 1.165) is 19.5 Å². The highest BCUT2D eigenvalue weighted by atomic mass is 14.9. The van der Waals surface area contributed by atoms with Crippen LogP contribution in [-0.4, -0.2) is 6.54 Å². The van der Waals surface area contributed by atoms with E-state index in [2.05, 4.69) is 41.7 Å². The zero-order valence-electron chi connectivity index (χ0n) is 8.09. The maximum atomic E-state index is 3.41. The van der Waals surface area contributed by atoms with Crippen molar-refractivity contribution in [3.8, 4) is 0 Å². The van der Waals surface area contributed by atoms with E-state index in [1.165, 1.54) is 16.3 Å². The minimum absolute atomic E-state index is 1.03. The molecule has 0 fully saturated rings. The lowest BCUT2D eigenvalue weighted by Crippen LogP contribution is -2.23. The molecule has 14 heavy (non-hydrogen) atoms. The highest BCUT2D eigenvalue weighted by Gasteiger charge is 2.10. The second kappa shape index (κ2) is 3.10. The van der Waals surface area contributed by atoms with Gasteiger partial charge in [0, 0.05) is 6.54 Å². The molecule has 0 saturated heterocycles. The first-order valence-corrected chi connectivity index (χ1v) is 5.15. The van der Waals surface area contributed by atoms with Crippen LogP contribution in [0.5, 0.6) is 0 Å². The van der Waals surface area contributed by atoms with Gasteiger partial charge in [0.25, 0.3) is 0 Å². The van der Waals surface area contributed by atoms with Gasteiger partial charge < -0.3 is 5.32 Å². The smallest absolute Gasteiger partial charge is 0.0208 e. The average molecular weight is 183 g/mol. The van der Waals surface area contributed by atoms with Gasteiger partial charge in [-0.25, -0.2) is 0 Å². The summed E-state index contributed by atoms with van der Waals surface area (Å²) in [5.41, 5.74) is 3.01. The SMILES string of the molecule is c1ccc2c3c(ccc2c1)CNCC3. The quantitative estimate of drug-likeness (QED) is 0.661. The number of rotatable bonds is 0. The summed E-state index contributed by atoms with van der Waals surface area (Å²) in [4.78, 5) is 0. The van der Waals surface area contributed by atoms with Crippen LogP contribution in [0.3, 0.4) is 0 Å². The van der Waals surface area contributed by atoms with Crippen LogP contribution in [0.1, 0.15) is 11.1 Å². The van der Waals surface area contributed by atoms with Gasteiger partial charge in [0.1, 0.15) is 0 Å². The molecule has 0 aliphatic carbocycles. The Morgan fingerprint density at radius 1 is 1.00 bits per heavy atom. The van der Waals surface area contributed by atoms with E-state index < -0.39 is 0 Å². The number of fused-ring (bicyclic) bond motifs is 3. The fourth-order valence-electron chi connectivity index (χ4n) is 2.28. The first-order valence-electron chi connectivity index (χ1n) is 5.15. The molecule has 0 atom stereocenters. The van der Waals surface area contributed by atoms with E-state index in [1.807, 2.05) is 0 Å². The Labute approximate surface area is 83.8 Å². The Balaban J connectivity index is 2.34. The van der Waals surface area contributed by atoms with Crippen molar-refractivity contribution in [1.29, 1.82) is 0 Å². The molecular formula is C13H13N. The minimum atomic E-state index is 1.03. The molecule has 3 rings (SSSR count). The molecule has 0 bridgehead atoms. The monoisotopic (exact) mass is 183 g/mol. The lowest BCUT2D eigenvalue weighted by Gasteiger charge is -2.18. The van der Waals surface area contributed by atoms with Crippen LogP contribution in [0, 0.1) is 0 Å². The molecule has 1 aliphatic heterocycles. The average Bonchev–Trinajstić information content (AvgIpc) is 2.29. The number of benzene rings is 2. The molecule has 0 unspecified atom stereocenters. The van der Waals surface area contributed by atoms with E-state index >= 15 is 0 Å². The van der Waals surface area contributed by atoms with Gasteiger partial charge in [0.05, 0.1) is 0 Å². The molecule has 1 heteroatoms. The number of nitrogens with one attached hydrogen (secondary N) is 1. The van der Waals surface area contributed by atoms with Crippen LogP contribution < -0.4 is 5.32 Å². The predicted octanol–water partition coefficient (Wildman–Crippen LogP) is 2.49. The van der Waals surface area contributed by atoms with Crippen molar-refractivity contribution in [1.82, 2.24) is 5.32 Å². The molecule has 0 radical (unpaired) electrons. The maximum absolute atomic E-state index is 3.41. The Morgan fingerprint density at radius 2 is 1.93 bits per heavy atom. The van der Waals surface area contributed by atoms with Gasteiger partial charge >= 0.3 is 0 Å². The van der Waals surface area contributed by atoms with Crippen molar-refractivity contribution in [2.45, 2.75) is 13.0 Å². The topological polar surface area (TPSA) is 12.0 Å². The Kier molecular flexibility index (Phi) is 1.78. The molecule has 0 amide bonds.